The zero-order valence-corrected chi connectivity index (χ0v) is 44.2. The molecule has 2 aliphatic heterocycles. The number of nitrogens with zero attached hydrogens (tertiary/aromatic N) is 2. The van der Waals surface area contributed by atoms with Crippen molar-refractivity contribution in [3.8, 4) is 0 Å². The van der Waals surface area contributed by atoms with E-state index in [1.165, 1.54) is 31.2 Å². The van der Waals surface area contributed by atoms with Gasteiger partial charge < -0.3 is 69.5 Å². The van der Waals surface area contributed by atoms with Gasteiger partial charge in [-0.2, -0.15) is 0 Å². The van der Waals surface area contributed by atoms with Gasteiger partial charge >= 0.3 is 5.97 Å². The van der Waals surface area contributed by atoms with Crippen molar-refractivity contribution >= 4 is 17.6 Å². The maximum atomic E-state index is 12.4. The molecule has 0 saturated carbocycles. The number of aliphatic hydroxyl groups is 5. The van der Waals surface area contributed by atoms with Crippen LogP contribution in [0.25, 0.3) is 0 Å². The van der Waals surface area contributed by atoms with Crippen LogP contribution in [0, 0.1) is 33.8 Å². The second-order valence-electron chi connectivity index (χ2n) is 20.4. The molecular formula is C50H90N4O15. The van der Waals surface area contributed by atoms with Crippen LogP contribution in [-0.2, 0) is 33.2 Å². The van der Waals surface area contributed by atoms with E-state index in [0.29, 0.717) is 51.1 Å². The summed E-state index contributed by atoms with van der Waals surface area (Å²) in [4.78, 5) is 35.4. The molecule has 7 unspecified atom stereocenters. The fourth-order valence-corrected chi connectivity index (χ4v) is 9.60. The number of nitro groups is 1. The predicted molar refractivity (Wildman–Crippen MR) is 261 cm³/mol. The second-order valence-corrected chi connectivity index (χ2v) is 20.4. The zero-order chi connectivity index (χ0) is 52.6. The van der Waals surface area contributed by atoms with Crippen LogP contribution in [0.1, 0.15) is 132 Å². The van der Waals surface area contributed by atoms with Crippen LogP contribution in [0.15, 0.2) is 24.3 Å². The minimum Gasteiger partial charge on any atom is -0.459 e. The number of non-ortho nitro benzene ring substituents is 1. The molecule has 0 bridgehead atoms. The van der Waals surface area contributed by atoms with Gasteiger partial charge in [0.25, 0.3) is 11.6 Å². The van der Waals surface area contributed by atoms with Gasteiger partial charge in [0.1, 0.15) is 30.0 Å². The van der Waals surface area contributed by atoms with E-state index in [4.69, 9.17) is 28.4 Å². The number of ether oxygens (including phenoxy) is 6. The van der Waals surface area contributed by atoms with Gasteiger partial charge in [0.15, 0.2) is 12.6 Å². The summed E-state index contributed by atoms with van der Waals surface area (Å²) in [6.45, 7) is 24.2. The van der Waals surface area contributed by atoms with E-state index in [9.17, 15) is 45.2 Å². The van der Waals surface area contributed by atoms with Crippen LogP contribution in [0.2, 0.25) is 0 Å². The number of esters is 1. The van der Waals surface area contributed by atoms with Gasteiger partial charge in [-0.1, -0.05) is 48.5 Å². The van der Waals surface area contributed by atoms with Crippen molar-refractivity contribution in [1.82, 2.24) is 15.5 Å². The molecule has 17 atom stereocenters. The van der Waals surface area contributed by atoms with E-state index in [-0.39, 0.29) is 42.2 Å². The monoisotopic (exact) mass is 987 g/mol. The van der Waals surface area contributed by atoms with Gasteiger partial charge in [0.05, 0.1) is 41.0 Å². The van der Waals surface area contributed by atoms with E-state index >= 15 is 0 Å². The largest absolute Gasteiger partial charge is 0.459 e. The molecule has 0 spiro atoms. The van der Waals surface area contributed by atoms with Crippen molar-refractivity contribution < 1.29 is 68.5 Å². The van der Waals surface area contributed by atoms with E-state index in [1.807, 2.05) is 53.5 Å². The second kappa shape index (κ2) is 28.4. The molecule has 0 radical (unpaired) electrons. The maximum Gasteiger partial charge on any atom is 0.305 e. The summed E-state index contributed by atoms with van der Waals surface area (Å²) < 4.78 is 36.7. The number of rotatable bonds is 25. The average Bonchev–Trinajstić information content (AvgIpc) is 3.42. The topological polar surface area (TPSA) is 261 Å². The number of amides is 1. The third-order valence-corrected chi connectivity index (χ3v) is 14.0. The van der Waals surface area contributed by atoms with Gasteiger partial charge in [-0.15, -0.1) is 0 Å². The normalized spacial score (nSPS) is 29.0. The Morgan fingerprint density at radius 1 is 1.03 bits per heavy atom. The third kappa shape index (κ3) is 18.0. The number of nitrogens with one attached hydrogen (secondary N) is 2. The van der Waals surface area contributed by atoms with Crippen molar-refractivity contribution in [3.63, 3.8) is 0 Å². The summed E-state index contributed by atoms with van der Waals surface area (Å²) in [7, 11) is 5.20. The number of likely N-dealkylation sites (N-methyl/N-ethyl adjacent to an activating group) is 2. The van der Waals surface area contributed by atoms with Crippen LogP contribution in [0.5, 0.6) is 0 Å². The molecular weight excluding hydrogens is 897 g/mol. The smallest absolute Gasteiger partial charge is 0.305 e. The Bertz CT molecular complexity index is 1690. The fourth-order valence-electron chi connectivity index (χ4n) is 9.60. The van der Waals surface area contributed by atoms with Gasteiger partial charge in [0.2, 0.25) is 0 Å². The van der Waals surface area contributed by atoms with Crippen LogP contribution >= 0.6 is 0 Å². The van der Waals surface area contributed by atoms with E-state index < -0.39 is 95.0 Å². The maximum absolute atomic E-state index is 12.4. The molecule has 19 nitrogen and oxygen atoms in total. The van der Waals surface area contributed by atoms with E-state index in [2.05, 4.69) is 17.6 Å². The van der Waals surface area contributed by atoms with Crippen LogP contribution in [0.3, 0.4) is 0 Å². The van der Waals surface area contributed by atoms with Crippen LogP contribution in [-0.4, -0.2) is 173 Å². The summed E-state index contributed by atoms with van der Waals surface area (Å²) in [6, 6.07) is 4.97. The Morgan fingerprint density at radius 3 is 2.19 bits per heavy atom. The number of methoxy groups -OCH3 is 1. The van der Waals surface area contributed by atoms with Gasteiger partial charge in [-0.3, -0.25) is 19.7 Å². The minimum atomic E-state index is -1.70. The highest BCUT2D eigenvalue weighted by atomic mass is 16.7. The highest BCUT2D eigenvalue weighted by molar-refractivity contribution is 5.94. The van der Waals surface area contributed by atoms with Crippen molar-refractivity contribution in [2.75, 3.05) is 47.4 Å². The summed E-state index contributed by atoms with van der Waals surface area (Å²) in [5, 5.41) is 73.2. The average molecular weight is 987 g/mol. The van der Waals surface area contributed by atoms with Crippen molar-refractivity contribution in [2.45, 2.75) is 200 Å². The number of hydrogen-bond acceptors (Lipinski definition) is 17. The first-order valence-corrected chi connectivity index (χ1v) is 24.8. The molecule has 2 fully saturated rings. The van der Waals surface area contributed by atoms with Gasteiger partial charge in [-0.25, -0.2) is 0 Å². The highest BCUT2D eigenvalue weighted by Crippen LogP contribution is 2.38. The summed E-state index contributed by atoms with van der Waals surface area (Å²) in [5.41, 5.74) is -3.60. The van der Waals surface area contributed by atoms with Crippen molar-refractivity contribution in [2.24, 2.45) is 23.7 Å². The first-order chi connectivity index (χ1) is 32.1. The molecule has 2 aliphatic rings. The lowest BCUT2D eigenvalue weighted by Crippen LogP contribution is -2.59. The third-order valence-electron chi connectivity index (χ3n) is 14.0. The number of carbonyl (C=O) groups excluding carboxylic acids is 2. The lowest BCUT2D eigenvalue weighted by Gasteiger charge is -2.47. The molecule has 2 heterocycles. The fraction of sp³-hybridized carbons (Fsp3) is 0.840. The van der Waals surface area contributed by atoms with E-state index in [0.717, 1.165) is 6.42 Å². The van der Waals surface area contributed by atoms with Crippen LogP contribution in [0.4, 0.5) is 5.69 Å². The molecule has 69 heavy (non-hydrogen) atoms. The molecule has 1 aromatic rings. The van der Waals surface area contributed by atoms with E-state index in [1.54, 1.807) is 41.9 Å². The van der Waals surface area contributed by atoms with Crippen LogP contribution < -0.4 is 10.6 Å². The van der Waals surface area contributed by atoms with Gasteiger partial charge in [0, 0.05) is 69.2 Å². The lowest BCUT2D eigenvalue weighted by atomic mass is 9.79. The molecule has 1 aromatic carbocycles. The molecule has 400 valence electrons. The predicted octanol–water partition coefficient (Wildman–Crippen LogP) is 4.57. The molecule has 7 N–H and O–H groups in total. The molecule has 3 rings (SSSR count). The summed E-state index contributed by atoms with van der Waals surface area (Å²) in [6.07, 6.45) is -4.86. The Labute approximate surface area is 411 Å². The highest BCUT2D eigenvalue weighted by Gasteiger charge is 2.49. The zero-order valence-electron chi connectivity index (χ0n) is 44.2. The molecule has 1 amide bonds. The number of aliphatic hydroxyl groups excluding tert-OH is 3. The molecule has 19 heteroatoms. The number of nitro benzene ring substituents is 1. The SMILES string of the molecule is CCC(=O)O[C@H](CC)[C@@](C)(O)C(O)C(C)N(C)C[C@H](C)C[C@@](C)(O)[C@H](OC1OCC(C)CC(C)[C@H]1O)[C@@H](C)[C@@H](CC)O[C@H]1C[C@@](C)(OC)C(O)C(C)O1.CNCCNC(=O)c1ccc([N+](=O)[O-])cc1. The lowest BCUT2D eigenvalue weighted by molar-refractivity contribution is -0.384. The molecule has 0 aromatic heterocycles. The number of carbonyl (C=O) groups is 2. The standard InChI is InChI=1S/C40H77NO12.C10H13N3O3/c1-15-29(51-32-20-39(11,48-14)35(45)28(9)50-32)26(7)36(53-37-33(43)25(6)18-23(4)22-49-37)38(10,46)19-24(5)21-41(13)27(8)34(44)40(12,47)30(16-2)52-31(42)17-3;1-11-6-7-12-10(14)8-2-4-9(5-3-8)13(15)16/h23-30,32-37,43-47H,15-22H2,1-14H3;2-5,11H,6-7H2,1H3,(H,12,14)/t23?,24-,25?,26+,27?,28?,29-,30-,32+,33-,34?,35?,36-,37?,38-,39-,40-;/m1./s1. The van der Waals surface area contributed by atoms with Gasteiger partial charge in [-0.05, 0) is 104 Å². The number of benzene rings is 1. The quantitative estimate of drug-likeness (QED) is 0.0306. The Hall–Kier alpha value is -2.92. The first-order valence-electron chi connectivity index (χ1n) is 24.8. The van der Waals surface area contributed by atoms with Crippen molar-refractivity contribution in [3.05, 3.63) is 39.9 Å². The Balaban J connectivity index is 0.000000858. The molecule has 0 aliphatic carbocycles. The summed E-state index contributed by atoms with van der Waals surface area (Å²) >= 11 is 0. The molecule has 2 saturated heterocycles. The number of hydrogen-bond donors (Lipinski definition) is 7. The Kier molecular flexibility index (Phi) is 25.6. The summed E-state index contributed by atoms with van der Waals surface area (Å²) in [5.74, 6) is -1.06. The first kappa shape index (κ1) is 62.2. The van der Waals surface area contributed by atoms with Crippen molar-refractivity contribution in [1.29, 1.82) is 0 Å². The Morgan fingerprint density at radius 2 is 1.65 bits per heavy atom. The minimum absolute atomic E-state index is 0.0215.